The standard InChI is InChI=1S/C10H11FN2O3/c1-2-6-3-4-8(16-6)13-5-7(11)9(14)12-10(13)15/h2,5-6,8H,1,3-4H2,(H,12,14,15)/t6-,8+/m0/s1. The fourth-order valence-electron chi connectivity index (χ4n) is 1.70. The van der Waals surface area contributed by atoms with Gasteiger partial charge in [0.05, 0.1) is 12.3 Å². The summed E-state index contributed by atoms with van der Waals surface area (Å²) in [7, 11) is 0. The van der Waals surface area contributed by atoms with Crippen LogP contribution in [0.3, 0.4) is 0 Å². The third-order valence-corrected chi connectivity index (χ3v) is 2.53. The predicted molar refractivity (Wildman–Crippen MR) is 54.6 cm³/mol. The van der Waals surface area contributed by atoms with Crippen molar-refractivity contribution in [2.75, 3.05) is 0 Å². The zero-order valence-electron chi connectivity index (χ0n) is 8.48. The van der Waals surface area contributed by atoms with E-state index in [0.717, 1.165) is 17.2 Å². The van der Waals surface area contributed by atoms with Crippen LogP contribution in [0.5, 0.6) is 0 Å². The topological polar surface area (TPSA) is 64.1 Å². The summed E-state index contributed by atoms with van der Waals surface area (Å²) in [6.07, 6.45) is 3.14. The molecular weight excluding hydrogens is 215 g/mol. The van der Waals surface area contributed by atoms with Gasteiger partial charge in [-0.15, -0.1) is 6.58 Å². The number of halogens is 1. The number of ether oxygens (including phenoxy) is 1. The molecular formula is C10H11FN2O3. The Hall–Kier alpha value is -1.69. The van der Waals surface area contributed by atoms with Gasteiger partial charge in [0.2, 0.25) is 5.82 Å². The van der Waals surface area contributed by atoms with Crippen LogP contribution in [-0.2, 0) is 4.74 Å². The highest BCUT2D eigenvalue weighted by Gasteiger charge is 2.25. The number of rotatable bonds is 2. The summed E-state index contributed by atoms with van der Waals surface area (Å²) in [4.78, 5) is 24.1. The smallest absolute Gasteiger partial charge is 0.330 e. The minimum absolute atomic E-state index is 0.133. The highest BCUT2D eigenvalue weighted by atomic mass is 19.1. The van der Waals surface area contributed by atoms with Crippen LogP contribution in [0.2, 0.25) is 0 Å². The highest BCUT2D eigenvalue weighted by Crippen LogP contribution is 2.27. The second-order valence-corrected chi connectivity index (χ2v) is 3.59. The summed E-state index contributed by atoms with van der Waals surface area (Å²) >= 11 is 0. The lowest BCUT2D eigenvalue weighted by Gasteiger charge is -2.13. The van der Waals surface area contributed by atoms with Crippen LogP contribution in [-0.4, -0.2) is 15.7 Å². The molecule has 0 amide bonds. The first-order valence-corrected chi connectivity index (χ1v) is 4.91. The summed E-state index contributed by atoms with van der Waals surface area (Å²) in [6, 6.07) is 0. The molecule has 6 heteroatoms. The molecule has 1 aliphatic heterocycles. The summed E-state index contributed by atoms with van der Waals surface area (Å²) in [5, 5.41) is 0. The molecule has 0 unspecified atom stereocenters. The van der Waals surface area contributed by atoms with Gasteiger partial charge in [-0.1, -0.05) is 6.08 Å². The molecule has 0 bridgehead atoms. The van der Waals surface area contributed by atoms with Crippen LogP contribution in [0.1, 0.15) is 19.1 Å². The average molecular weight is 226 g/mol. The van der Waals surface area contributed by atoms with E-state index in [0.29, 0.717) is 6.42 Å². The number of hydrogen-bond donors (Lipinski definition) is 1. The third kappa shape index (κ3) is 1.83. The van der Waals surface area contributed by atoms with Crippen molar-refractivity contribution in [2.45, 2.75) is 25.2 Å². The zero-order chi connectivity index (χ0) is 11.7. The molecule has 16 heavy (non-hydrogen) atoms. The van der Waals surface area contributed by atoms with Crippen LogP contribution < -0.4 is 11.2 Å². The zero-order valence-corrected chi connectivity index (χ0v) is 8.48. The number of aromatic amines is 1. The van der Waals surface area contributed by atoms with Crippen LogP contribution >= 0.6 is 0 Å². The number of aromatic nitrogens is 2. The predicted octanol–water partition coefficient (Wildman–Crippen LogP) is 0.539. The van der Waals surface area contributed by atoms with Crippen molar-refractivity contribution in [3.63, 3.8) is 0 Å². The Morgan fingerprint density at radius 2 is 2.31 bits per heavy atom. The lowest BCUT2D eigenvalue weighted by molar-refractivity contribution is 0.0197. The summed E-state index contributed by atoms with van der Waals surface area (Å²) < 4.78 is 19.5. The van der Waals surface area contributed by atoms with Crippen LogP contribution in [0.4, 0.5) is 4.39 Å². The molecule has 1 aromatic rings. The van der Waals surface area contributed by atoms with Gasteiger partial charge in [0.1, 0.15) is 6.23 Å². The first kappa shape index (κ1) is 10.8. The molecule has 1 N–H and O–H groups in total. The molecule has 2 rings (SSSR count). The van der Waals surface area contributed by atoms with E-state index >= 15 is 0 Å². The van der Waals surface area contributed by atoms with Gasteiger partial charge >= 0.3 is 5.69 Å². The average Bonchev–Trinajstić information content (AvgIpc) is 2.71. The molecule has 0 aromatic carbocycles. The second kappa shape index (κ2) is 4.05. The van der Waals surface area contributed by atoms with Gasteiger partial charge in [-0.25, -0.2) is 4.79 Å². The lowest BCUT2D eigenvalue weighted by atomic mass is 10.2. The van der Waals surface area contributed by atoms with Gasteiger partial charge in [-0.3, -0.25) is 14.3 Å². The van der Waals surface area contributed by atoms with Gasteiger partial charge in [0.25, 0.3) is 5.56 Å². The van der Waals surface area contributed by atoms with E-state index in [1.54, 1.807) is 6.08 Å². The first-order chi connectivity index (χ1) is 7.61. The van der Waals surface area contributed by atoms with E-state index in [1.165, 1.54) is 0 Å². The minimum Gasteiger partial charge on any atom is -0.351 e. The molecule has 1 saturated heterocycles. The number of hydrogen-bond acceptors (Lipinski definition) is 3. The van der Waals surface area contributed by atoms with Crippen molar-refractivity contribution < 1.29 is 9.13 Å². The highest BCUT2D eigenvalue weighted by molar-refractivity contribution is 4.91. The summed E-state index contributed by atoms with van der Waals surface area (Å²) in [6.45, 7) is 3.58. The Morgan fingerprint density at radius 3 is 2.94 bits per heavy atom. The van der Waals surface area contributed by atoms with Crippen molar-refractivity contribution >= 4 is 0 Å². The van der Waals surface area contributed by atoms with Crippen LogP contribution in [0.25, 0.3) is 0 Å². The van der Waals surface area contributed by atoms with Crippen LogP contribution in [0, 0.1) is 5.82 Å². The van der Waals surface area contributed by atoms with Crippen molar-refractivity contribution in [1.29, 1.82) is 0 Å². The van der Waals surface area contributed by atoms with Crippen LogP contribution in [0.15, 0.2) is 28.4 Å². The second-order valence-electron chi connectivity index (χ2n) is 3.59. The summed E-state index contributed by atoms with van der Waals surface area (Å²) in [5.41, 5.74) is -1.68. The Balaban J connectivity index is 2.35. The van der Waals surface area contributed by atoms with E-state index in [1.807, 2.05) is 4.98 Å². The largest absolute Gasteiger partial charge is 0.351 e. The van der Waals surface area contributed by atoms with Crippen molar-refractivity contribution in [2.24, 2.45) is 0 Å². The monoisotopic (exact) mass is 226 g/mol. The fraction of sp³-hybridized carbons (Fsp3) is 0.400. The van der Waals surface area contributed by atoms with Gasteiger partial charge < -0.3 is 4.74 Å². The molecule has 86 valence electrons. The SMILES string of the molecule is C=C[C@H]1CC[C@H](n2cc(F)c(=O)[nH]c2=O)O1. The van der Waals surface area contributed by atoms with Gasteiger partial charge in [-0.05, 0) is 12.8 Å². The molecule has 5 nitrogen and oxygen atoms in total. The summed E-state index contributed by atoms with van der Waals surface area (Å²) in [5.74, 6) is -0.995. The lowest BCUT2D eigenvalue weighted by Crippen LogP contribution is -2.33. The Labute approximate surface area is 90.2 Å². The molecule has 1 aliphatic rings. The van der Waals surface area contributed by atoms with E-state index < -0.39 is 23.3 Å². The molecule has 1 aromatic heterocycles. The fourth-order valence-corrected chi connectivity index (χ4v) is 1.70. The molecule has 0 spiro atoms. The Kier molecular flexibility index (Phi) is 2.74. The maximum absolute atomic E-state index is 13.0. The molecule has 2 heterocycles. The van der Waals surface area contributed by atoms with E-state index in [4.69, 9.17) is 4.74 Å². The molecule has 2 atom stereocenters. The number of nitrogens with zero attached hydrogens (tertiary/aromatic N) is 1. The van der Waals surface area contributed by atoms with E-state index in [2.05, 4.69) is 6.58 Å². The Bertz CT molecular complexity index is 520. The molecule has 0 radical (unpaired) electrons. The van der Waals surface area contributed by atoms with Gasteiger partial charge in [-0.2, -0.15) is 4.39 Å². The van der Waals surface area contributed by atoms with E-state index in [-0.39, 0.29) is 6.10 Å². The maximum atomic E-state index is 13.0. The van der Waals surface area contributed by atoms with Crippen molar-refractivity contribution in [3.05, 3.63) is 45.5 Å². The first-order valence-electron chi connectivity index (χ1n) is 4.91. The van der Waals surface area contributed by atoms with Crippen molar-refractivity contribution in [1.82, 2.24) is 9.55 Å². The number of nitrogens with one attached hydrogen (secondary N) is 1. The normalized spacial score (nSPS) is 24.6. The minimum atomic E-state index is -1.01. The van der Waals surface area contributed by atoms with Gasteiger partial charge in [0.15, 0.2) is 0 Å². The third-order valence-electron chi connectivity index (χ3n) is 2.53. The van der Waals surface area contributed by atoms with Gasteiger partial charge in [0, 0.05) is 0 Å². The molecule has 1 fully saturated rings. The maximum Gasteiger partial charge on any atom is 0.330 e. The number of H-pyrrole nitrogens is 1. The van der Waals surface area contributed by atoms with E-state index in [9.17, 15) is 14.0 Å². The van der Waals surface area contributed by atoms with Crippen molar-refractivity contribution in [3.8, 4) is 0 Å². The Morgan fingerprint density at radius 1 is 1.56 bits per heavy atom. The quantitative estimate of drug-likeness (QED) is 0.748. The molecule has 0 aliphatic carbocycles. The molecule has 0 saturated carbocycles.